The molecule has 1 saturated carbocycles. The summed E-state index contributed by atoms with van der Waals surface area (Å²) in [4.78, 5) is 0. The largest absolute Gasteiger partial charge is 0.330 e. The fourth-order valence-electron chi connectivity index (χ4n) is 3.01. The lowest BCUT2D eigenvalue weighted by atomic mass is 9.77. The van der Waals surface area contributed by atoms with Crippen LogP contribution >= 0.6 is 0 Å². The van der Waals surface area contributed by atoms with E-state index in [0.717, 1.165) is 30.7 Å². The van der Waals surface area contributed by atoms with Crippen LogP contribution in [0.5, 0.6) is 0 Å². The van der Waals surface area contributed by atoms with Gasteiger partial charge in [-0.25, -0.2) is 0 Å². The molecule has 1 aliphatic carbocycles. The fourth-order valence-corrected chi connectivity index (χ4v) is 3.01. The minimum Gasteiger partial charge on any atom is -0.330 e. The first-order valence-corrected chi connectivity index (χ1v) is 8.02. The smallest absolute Gasteiger partial charge is 0.00722 e. The Morgan fingerprint density at radius 1 is 1.00 bits per heavy atom. The molecule has 0 aromatic heterocycles. The van der Waals surface area contributed by atoms with Crippen LogP contribution in [0.1, 0.15) is 80.1 Å². The highest BCUT2D eigenvalue weighted by Crippen LogP contribution is 2.32. The summed E-state index contributed by atoms with van der Waals surface area (Å²) in [6.45, 7) is 14.8. The van der Waals surface area contributed by atoms with E-state index in [0.29, 0.717) is 5.41 Å². The van der Waals surface area contributed by atoms with Gasteiger partial charge in [0.1, 0.15) is 0 Å². The molecule has 0 bridgehead atoms. The van der Waals surface area contributed by atoms with Crippen molar-refractivity contribution in [1.29, 1.82) is 0 Å². The van der Waals surface area contributed by atoms with Crippen molar-refractivity contribution in [1.82, 2.24) is 0 Å². The summed E-state index contributed by atoms with van der Waals surface area (Å²) in [6, 6.07) is 0. The van der Waals surface area contributed by atoms with E-state index in [2.05, 4.69) is 41.5 Å². The van der Waals surface area contributed by atoms with Crippen LogP contribution in [0.15, 0.2) is 0 Å². The van der Waals surface area contributed by atoms with Crippen LogP contribution in [0.25, 0.3) is 0 Å². The number of hydrogen-bond acceptors (Lipinski definition) is 1. The van der Waals surface area contributed by atoms with E-state index in [-0.39, 0.29) is 0 Å². The molecule has 18 heavy (non-hydrogen) atoms. The van der Waals surface area contributed by atoms with Crippen molar-refractivity contribution in [3.63, 3.8) is 0 Å². The Kier molecular flexibility index (Phi) is 8.94. The van der Waals surface area contributed by atoms with E-state index >= 15 is 0 Å². The first-order chi connectivity index (χ1) is 8.32. The lowest BCUT2D eigenvalue weighted by molar-refractivity contribution is 0.220. The van der Waals surface area contributed by atoms with E-state index in [9.17, 15) is 0 Å². The van der Waals surface area contributed by atoms with E-state index in [1.807, 2.05) is 0 Å². The Balaban J connectivity index is 0.000000321. The summed E-state index contributed by atoms with van der Waals surface area (Å²) in [7, 11) is 0. The standard InChI is InChI=1S/C9H18.C8H19N/c1-7-4-5-8(2)9(3)6-7;1-4-5-8(2,3)6-7-9/h7-9H,4-6H2,1-3H3;4-7,9H2,1-3H3. The van der Waals surface area contributed by atoms with Crippen molar-refractivity contribution in [2.75, 3.05) is 6.54 Å². The molecule has 0 aliphatic heterocycles. The van der Waals surface area contributed by atoms with Gasteiger partial charge in [-0.1, -0.05) is 60.8 Å². The Labute approximate surface area is 116 Å². The number of hydrogen-bond donors (Lipinski definition) is 1. The molecule has 110 valence electrons. The monoisotopic (exact) mass is 255 g/mol. The van der Waals surface area contributed by atoms with Crippen LogP contribution in [0.2, 0.25) is 0 Å². The third kappa shape index (κ3) is 8.13. The van der Waals surface area contributed by atoms with Gasteiger partial charge < -0.3 is 5.73 Å². The van der Waals surface area contributed by atoms with Gasteiger partial charge in [0.05, 0.1) is 0 Å². The molecule has 3 unspecified atom stereocenters. The van der Waals surface area contributed by atoms with Crippen molar-refractivity contribution in [3.8, 4) is 0 Å². The molecule has 1 heteroatoms. The zero-order valence-electron chi connectivity index (χ0n) is 13.8. The Morgan fingerprint density at radius 3 is 2.00 bits per heavy atom. The van der Waals surface area contributed by atoms with E-state index < -0.39 is 0 Å². The average Bonchev–Trinajstić information content (AvgIpc) is 2.24. The minimum atomic E-state index is 0.476. The lowest BCUT2D eigenvalue weighted by Crippen LogP contribution is -2.18. The summed E-state index contributed by atoms with van der Waals surface area (Å²) >= 11 is 0. The van der Waals surface area contributed by atoms with Gasteiger partial charge in [0.2, 0.25) is 0 Å². The molecule has 1 rings (SSSR count). The van der Waals surface area contributed by atoms with Gasteiger partial charge in [0.25, 0.3) is 0 Å². The molecule has 0 saturated heterocycles. The highest BCUT2D eigenvalue weighted by molar-refractivity contribution is 4.72. The molecule has 2 N–H and O–H groups in total. The molecule has 0 aromatic carbocycles. The molecule has 3 atom stereocenters. The van der Waals surface area contributed by atoms with Crippen LogP contribution < -0.4 is 5.73 Å². The zero-order chi connectivity index (χ0) is 14.2. The second kappa shape index (κ2) is 8.96. The van der Waals surface area contributed by atoms with Crippen molar-refractivity contribution in [3.05, 3.63) is 0 Å². The van der Waals surface area contributed by atoms with Gasteiger partial charge in [-0.3, -0.25) is 0 Å². The zero-order valence-corrected chi connectivity index (χ0v) is 13.8. The first kappa shape index (κ1) is 18.0. The topological polar surface area (TPSA) is 26.0 Å². The van der Waals surface area contributed by atoms with Gasteiger partial charge in [0, 0.05) is 0 Å². The maximum Gasteiger partial charge on any atom is -0.00722 e. The van der Waals surface area contributed by atoms with Crippen molar-refractivity contribution in [2.45, 2.75) is 80.1 Å². The van der Waals surface area contributed by atoms with Crippen LogP contribution in [0.4, 0.5) is 0 Å². The predicted molar refractivity (Wildman–Crippen MR) is 83.7 cm³/mol. The molecule has 0 aromatic rings. The van der Waals surface area contributed by atoms with Crippen molar-refractivity contribution in [2.24, 2.45) is 28.9 Å². The molecule has 1 fully saturated rings. The lowest BCUT2D eigenvalue weighted by Gasteiger charge is -2.29. The van der Waals surface area contributed by atoms with Crippen LogP contribution in [-0.4, -0.2) is 6.54 Å². The third-order valence-corrected chi connectivity index (χ3v) is 4.61. The highest BCUT2D eigenvalue weighted by atomic mass is 14.5. The second-order valence-corrected chi connectivity index (χ2v) is 7.33. The molecule has 0 spiro atoms. The van der Waals surface area contributed by atoms with Crippen molar-refractivity contribution >= 4 is 0 Å². The quantitative estimate of drug-likeness (QED) is 0.730. The Morgan fingerprint density at radius 2 is 1.61 bits per heavy atom. The van der Waals surface area contributed by atoms with E-state index in [4.69, 9.17) is 5.73 Å². The van der Waals surface area contributed by atoms with Gasteiger partial charge in [-0.15, -0.1) is 0 Å². The highest BCUT2D eigenvalue weighted by Gasteiger charge is 2.20. The molecule has 0 heterocycles. The molecule has 1 aliphatic rings. The number of rotatable bonds is 4. The number of nitrogens with two attached hydrogens (primary N) is 1. The predicted octanol–water partition coefficient (Wildman–Crippen LogP) is 5.24. The van der Waals surface area contributed by atoms with Crippen LogP contribution in [0.3, 0.4) is 0 Å². The molecule has 0 amide bonds. The molecule has 1 nitrogen and oxygen atoms in total. The summed E-state index contributed by atoms with van der Waals surface area (Å²) in [6.07, 6.45) is 8.10. The van der Waals surface area contributed by atoms with Crippen LogP contribution in [0, 0.1) is 23.2 Å². The van der Waals surface area contributed by atoms with Gasteiger partial charge in [-0.05, 0) is 49.0 Å². The molecular weight excluding hydrogens is 218 g/mol. The normalized spacial score (nSPS) is 28.5. The van der Waals surface area contributed by atoms with Gasteiger partial charge in [0.15, 0.2) is 0 Å². The molecule has 0 radical (unpaired) electrons. The van der Waals surface area contributed by atoms with Gasteiger partial charge in [-0.2, -0.15) is 0 Å². The maximum atomic E-state index is 5.44. The summed E-state index contributed by atoms with van der Waals surface area (Å²) in [5, 5.41) is 0. The van der Waals surface area contributed by atoms with Crippen molar-refractivity contribution < 1.29 is 0 Å². The van der Waals surface area contributed by atoms with Crippen LogP contribution in [-0.2, 0) is 0 Å². The second-order valence-electron chi connectivity index (χ2n) is 7.33. The SMILES string of the molecule is CC1CCC(C)C(C)C1.CCCC(C)(C)CCN. The fraction of sp³-hybridized carbons (Fsp3) is 1.00. The van der Waals surface area contributed by atoms with E-state index in [1.54, 1.807) is 0 Å². The molecular formula is C17H37N. The summed E-state index contributed by atoms with van der Waals surface area (Å²) < 4.78 is 0. The van der Waals surface area contributed by atoms with Gasteiger partial charge >= 0.3 is 0 Å². The summed E-state index contributed by atoms with van der Waals surface area (Å²) in [5.41, 5.74) is 5.92. The maximum absolute atomic E-state index is 5.44. The van der Waals surface area contributed by atoms with E-state index in [1.165, 1.54) is 32.1 Å². The first-order valence-electron chi connectivity index (χ1n) is 8.02. The third-order valence-electron chi connectivity index (χ3n) is 4.61. The average molecular weight is 255 g/mol. The Bertz CT molecular complexity index is 190. The Hall–Kier alpha value is -0.0400. The minimum absolute atomic E-state index is 0.476. The summed E-state index contributed by atoms with van der Waals surface area (Å²) in [5.74, 6) is 2.96.